The quantitative estimate of drug-likeness (QED) is 0.736. The summed E-state index contributed by atoms with van der Waals surface area (Å²) in [5.41, 5.74) is -0.0402. The first-order valence-corrected chi connectivity index (χ1v) is 9.24. The maximum atomic E-state index is 13.8. The van der Waals surface area contributed by atoms with Crippen LogP contribution >= 0.6 is 0 Å². The van der Waals surface area contributed by atoms with E-state index in [0.717, 1.165) is 23.8 Å². The molecular weight excluding hydrogens is 378 g/mol. The van der Waals surface area contributed by atoms with E-state index in [2.05, 4.69) is 20.2 Å². The molecule has 1 aliphatic heterocycles. The van der Waals surface area contributed by atoms with Crippen molar-refractivity contribution in [3.8, 4) is 5.82 Å². The summed E-state index contributed by atoms with van der Waals surface area (Å²) in [7, 11) is 0. The Kier molecular flexibility index (Phi) is 5.11. The van der Waals surface area contributed by atoms with Crippen LogP contribution in [0.5, 0.6) is 0 Å². The third kappa shape index (κ3) is 4.18. The smallest absolute Gasteiger partial charge is 0.322 e. The van der Waals surface area contributed by atoms with Gasteiger partial charge in [-0.15, -0.1) is 0 Å². The molecule has 7 nitrogen and oxygen atoms in total. The van der Waals surface area contributed by atoms with Crippen LogP contribution < -0.4 is 10.2 Å². The number of carbonyl (C=O) groups is 1. The van der Waals surface area contributed by atoms with E-state index >= 15 is 0 Å². The topological polar surface area (TPSA) is 66.3 Å². The summed E-state index contributed by atoms with van der Waals surface area (Å²) in [6.45, 7) is 3.92. The molecule has 1 aromatic carbocycles. The van der Waals surface area contributed by atoms with Gasteiger partial charge in [-0.05, 0) is 31.2 Å². The number of urea groups is 1. The van der Waals surface area contributed by atoms with E-state index < -0.39 is 17.7 Å². The van der Waals surface area contributed by atoms with Gasteiger partial charge in [-0.1, -0.05) is 0 Å². The number of aryl methyl sites for hydroxylation is 1. The van der Waals surface area contributed by atoms with Crippen LogP contribution in [-0.4, -0.2) is 51.6 Å². The molecule has 0 aliphatic carbocycles. The Morgan fingerprint density at radius 1 is 1.00 bits per heavy atom. The van der Waals surface area contributed by atoms with Gasteiger partial charge in [-0.3, -0.25) is 0 Å². The summed E-state index contributed by atoms with van der Waals surface area (Å²) >= 11 is 0. The summed E-state index contributed by atoms with van der Waals surface area (Å²) in [6.07, 6.45) is 3.84. The standard InChI is InChI=1S/C20H20F2N6O/c1-14-23-18(26-6-2-3-7-26)13-19(24-14)27-8-10-28(11-9-27)20(29)25-17-5-4-15(21)12-16(17)22/h2-7,12-13H,8-11H2,1H3,(H,25,29). The second-order valence-electron chi connectivity index (χ2n) is 6.75. The van der Waals surface area contributed by atoms with E-state index in [4.69, 9.17) is 0 Å². The predicted octanol–water partition coefficient (Wildman–Crippen LogP) is 3.21. The maximum absolute atomic E-state index is 13.8. The number of anilines is 2. The highest BCUT2D eigenvalue weighted by Gasteiger charge is 2.23. The van der Waals surface area contributed by atoms with E-state index in [-0.39, 0.29) is 5.69 Å². The van der Waals surface area contributed by atoms with E-state index in [9.17, 15) is 13.6 Å². The SMILES string of the molecule is Cc1nc(N2CCN(C(=O)Nc3ccc(F)cc3F)CC2)cc(-n2cccc2)n1. The number of nitrogens with zero attached hydrogens (tertiary/aromatic N) is 5. The molecule has 29 heavy (non-hydrogen) atoms. The van der Waals surface area contributed by atoms with Crippen molar-refractivity contribution in [3.05, 3.63) is 66.3 Å². The van der Waals surface area contributed by atoms with Crippen LogP contribution in [0.1, 0.15) is 5.82 Å². The number of aromatic nitrogens is 3. The van der Waals surface area contributed by atoms with Crippen LogP contribution in [0.3, 0.4) is 0 Å². The third-order valence-electron chi connectivity index (χ3n) is 4.74. The van der Waals surface area contributed by atoms with Crippen molar-refractivity contribution in [1.82, 2.24) is 19.4 Å². The number of nitrogens with one attached hydrogen (secondary N) is 1. The number of carbonyl (C=O) groups excluding carboxylic acids is 1. The minimum atomic E-state index is -0.800. The molecular formula is C20H20F2N6O. The fraction of sp³-hybridized carbons (Fsp3) is 0.250. The normalized spacial score (nSPS) is 14.2. The molecule has 0 spiro atoms. The van der Waals surface area contributed by atoms with Crippen molar-refractivity contribution in [2.45, 2.75) is 6.92 Å². The molecule has 0 unspecified atom stereocenters. The molecule has 0 saturated carbocycles. The molecule has 150 valence electrons. The van der Waals surface area contributed by atoms with E-state index in [1.165, 1.54) is 6.07 Å². The monoisotopic (exact) mass is 398 g/mol. The maximum Gasteiger partial charge on any atom is 0.322 e. The number of amides is 2. The first-order valence-electron chi connectivity index (χ1n) is 9.24. The molecule has 1 fully saturated rings. The molecule has 0 radical (unpaired) electrons. The average Bonchev–Trinajstić information content (AvgIpc) is 3.25. The number of benzene rings is 1. The van der Waals surface area contributed by atoms with Gasteiger partial charge < -0.3 is 19.7 Å². The van der Waals surface area contributed by atoms with Crippen molar-refractivity contribution in [2.75, 3.05) is 36.4 Å². The largest absolute Gasteiger partial charge is 0.353 e. The molecule has 2 amide bonds. The van der Waals surface area contributed by atoms with Crippen LogP contribution in [0.4, 0.5) is 25.1 Å². The van der Waals surface area contributed by atoms with Crippen molar-refractivity contribution < 1.29 is 13.6 Å². The van der Waals surface area contributed by atoms with Gasteiger partial charge in [0.15, 0.2) is 0 Å². The number of hydrogen-bond acceptors (Lipinski definition) is 4. The molecule has 4 rings (SSSR count). The number of hydrogen-bond donors (Lipinski definition) is 1. The van der Waals surface area contributed by atoms with Gasteiger partial charge in [0.05, 0.1) is 5.69 Å². The minimum Gasteiger partial charge on any atom is -0.353 e. The molecule has 0 bridgehead atoms. The molecule has 0 atom stereocenters. The fourth-order valence-electron chi connectivity index (χ4n) is 3.24. The lowest BCUT2D eigenvalue weighted by Crippen LogP contribution is -2.50. The van der Waals surface area contributed by atoms with Crippen molar-refractivity contribution in [1.29, 1.82) is 0 Å². The molecule has 1 N–H and O–H groups in total. The van der Waals surface area contributed by atoms with E-state index in [0.29, 0.717) is 32.0 Å². The summed E-state index contributed by atoms with van der Waals surface area (Å²) < 4.78 is 28.7. The summed E-state index contributed by atoms with van der Waals surface area (Å²) in [6, 6.07) is 8.42. The fourth-order valence-corrected chi connectivity index (χ4v) is 3.24. The Hall–Kier alpha value is -3.49. The van der Waals surface area contributed by atoms with Crippen molar-refractivity contribution in [3.63, 3.8) is 0 Å². The molecule has 3 heterocycles. The highest BCUT2D eigenvalue weighted by molar-refractivity contribution is 5.89. The van der Waals surface area contributed by atoms with E-state index in [1.54, 1.807) is 4.90 Å². The zero-order valence-electron chi connectivity index (χ0n) is 15.8. The zero-order chi connectivity index (χ0) is 20.4. The lowest BCUT2D eigenvalue weighted by Gasteiger charge is -2.35. The number of rotatable bonds is 3. The van der Waals surface area contributed by atoms with Gasteiger partial charge in [-0.2, -0.15) is 0 Å². The Balaban J connectivity index is 1.41. The predicted molar refractivity (Wildman–Crippen MR) is 105 cm³/mol. The highest BCUT2D eigenvalue weighted by atomic mass is 19.1. The molecule has 3 aromatic rings. The molecule has 9 heteroatoms. The van der Waals surface area contributed by atoms with Crippen LogP contribution in [0.2, 0.25) is 0 Å². The lowest BCUT2D eigenvalue weighted by atomic mass is 10.3. The minimum absolute atomic E-state index is 0.0402. The Labute approximate surface area is 166 Å². The zero-order valence-corrected chi connectivity index (χ0v) is 15.8. The third-order valence-corrected chi connectivity index (χ3v) is 4.74. The first kappa shape index (κ1) is 18.9. The van der Waals surface area contributed by atoms with Gasteiger partial charge in [0.2, 0.25) is 0 Å². The number of piperazine rings is 1. The second-order valence-corrected chi connectivity index (χ2v) is 6.75. The average molecular weight is 398 g/mol. The summed E-state index contributed by atoms with van der Waals surface area (Å²) in [4.78, 5) is 25.1. The second kappa shape index (κ2) is 7.86. The van der Waals surface area contributed by atoms with Crippen LogP contribution in [0.25, 0.3) is 5.82 Å². The van der Waals surface area contributed by atoms with E-state index in [1.807, 2.05) is 42.1 Å². The number of halogens is 2. The highest BCUT2D eigenvalue weighted by Crippen LogP contribution is 2.19. The van der Waals surface area contributed by atoms with Crippen molar-refractivity contribution >= 4 is 17.5 Å². The Bertz CT molecular complexity index is 1020. The van der Waals surface area contributed by atoms with Gasteiger partial charge in [-0.25, -0.2) is 23.5 Å². The van der Waals surface area contributed by atoms with Crippen LogP contribution in [0, 0.1) is 18.6 Å². The first-order chi connectivity index (χ1) is 14.0. The lowest BCUT2D eigenvalue weighted by molar-refractivity contribution is 0.208. The van der Waals surface area contributed by atoms with Crippen LogP contribution in [-0.2, 0) is 0 Å². The molecule has 1 saturated heterocycles. The Morgan fingerprint density at radius 3 is 2.38 bits per heavy atom. The summed E-state index contributed by atoms with van der Waals surface area (Å²) in [5.74, 6) is 0.757. The van der Waals surface area contributed by atoms with Crippen molar-refractivity contribution in [2.24, 2.45) is 0 Å². The Morgan fingerprint density at radius 2 is 1.69 bits per heavy atom. The van der Waals surface area contributed by atoms with Gasteiger partial charge >= 0.3 is 6.03 Å². The summed E-state index contributed by atoms with van der Waals surface area (Å²) in [5, 5.41) is 2.50. The molecule has 2 aromatic heterocycles. The molecule has 1 aliphatic rings. The van der Waals surface area contributed by atoms with Gasteiger partial charge in [0, 0.05) is 50.7 Å². The van der Waals surface area contributed by atoms with Gasteiger partial charge in [0.25, 0.3) is 0 Å². The van der Waals surface area contributed by atoms with Crippen LogP contribution in [0.15, 0.2) is 48.8 Å². The van der Waals surface area contributed by atoms with Gasteiger partial charge in [0.1, 0.15) is 29.1 Å².